The molecule has 0 fully saturated rings. The minimum absolute atomic E-state index is 0.245. The van der Waals surface area contributed by atoms with Gasteiger partial charge in [0, 0.05) is 10.6 Å². The lowest BCUT2D eigenvalue weighted by atomic mass is 10.3. The standard InChI is InChI=1S/C20H21N3O2S2/c1-3-25-19(24)15(2)27-20-22-21-18(14-26-17-12-8-5-9-13-17)23(20)16-10-6-4-7-11-16/h4-13,15H,3,14H2,1-2H3. The molecule has 0 spiro atoms. The molecular formula is C20H21N3O2S2. The summed E-state index contributed by atoms with van der Waals surface area (Å²) in [5.74, 6) is 1.28. The summed E-state index contributed by atoms with van der Waals surface area (Å²) in [5, 5.41) is 9.06. The van der Waals surface area contributed by atoms with E-state index in [2.05, 4.69) is 22.3 Å². The summed E-state index contributed by atoms with van der Waals surface area (Å²) in [5.41, 5.74) is 0.977. The second-order valence-corrected chi connectivity index (χ2v) is 8.04. The predicted octanol–water partition coefficient (Wildman–Crippen LogP) is 4.60. The average Bonchev–Trinajstić information content (AvgIpc) is 3.10. The Hall–Kier alpha value is -2.25. The van der Waals surface area contributed by atoms with Crippen LogP contribution in [0, 0.1) is 0 Å². The highest BCUT2D eigenvalue weighted by Crippen LogP contribution is 2.29. The van der Waals surface area contributed by atoms with Crippen molar-refractivity contribution in [3.8, 4) is 5.69 Å². The van der Waals surface area contributed by atoms with E-state index in [4.69, 9.17) is 4.74 Å². The van der Waals surface area contributed by atoms with Gasteiger partial charge in [-0.1, -0.05) is 48.2 Å². The van der Waals surface area contributed by atoms with Gasteiger partial charge in [0.05, 0.1) is 12.4 Å². The third-order valence-corrected chi connectivity index (χ3v) is 5.76. The molecule has 3 rings (SSSR count). The lowest BCUT2D eigenvalue weighted by Gasteiger charge is -2.13. The van der Waals surface area contributed by atoms with Crippen molar-refractivity contribution in [3.05, 3.63) is 66.5 Å². The number of carbonyl (C=O) groups excluding carboxylic acids is 1. The average molecular weight is 400 g/mol. The van der Waals surface area contributed by atoms with Gasteiger partial charge in [-0.3, -0.25) is 9.36 Å². The first kappa shape index (κ1) is 19.5. The molecule has 0 amide bonds. The van der Waals surface area contributed by atoms with Gasteiger partial charge in [-0.15, -0.1) is 22.0 Å². The SMILES string of the molecule is CCOC(=O)C(C)Sc1nnc(CSc2ccccc2)n1-c1ccccc1. The van der Waals surface area contributed by atoms with Crippen molar-refractivity contribution in [3.63, 3.8) is 0 Å². The minimum atomic E-state index is -0.355. The van der Waals surface area contributed by atoms with E-state index in [0.29, 0.717) is 17.5 Å². The molecule has 1 atom stereocenters. The number of rotatable bonds is 8. The van der Waals surface area contributed by atoms with E-state index in [1.54, 1.807) is 18.7 Å². The van der Waals surface area contributed by atoms with Crippen LogP contribution in [0.4, 0.5) is 0 Å². The molecule has 2 aromatic carbocycles. The summed E-state index contributed by atoms with van der Waals surface area (Å²) in [6.07, 6.45) is 0. The Morgan fingerprint density at radius 2 is 1.74 bits per heavy atom. The summed E-state index contributed by atoms with van der Waals surface area (Å²) < 4.78 is 7.12. The van der Waals surface area contributed by atoms with Crippen molar-refractivity contribution in [2.45, 2.75) is 34.9 Å². The number of nitrogens with zero attached hydrogens (tertiary/aromatic N) is 3. The Morgan fingerprint density at radius 3 is 2.41 bits per heavy atom. The molecule has 1 aromatic heterocycles. The van der Waals surface area contributed by atoms with E-state index in [1.807, 2.05) is 60.0 Å². The largest absolute Gasteiger partial charge is 0.465 e. The summed E-state index contributed by atoms with van der Waals surface area (Å²) in [7, 11) is 0. The Labute approximate surface area is 167 Å². The van der Waals surface area contributed by atoms with Crippen LogP contribution >= 0.6 is 23.5 Å². The van der Waals surface area contributed by atoms with Crippen molar-refractivity contribution in [1.29, 1.82) is 0 Å². The fourth-order valence-corrected chi connectivity index (χ4v) is 4.15. The second-order valence-electron chi connectivity index (χ2n) is 5.68. The van der Waals surface area contributed by atoms with Crippen LogP contribution in [0.25, 0.3) is 5.69 Å². The van der Waals surface area contributed by atoms with Crippen LogP contribution in [0.15, 0.2) is 70.7 Å². The van der Waals surface area contributed by atoms with Gasteiger partial charge in [0.25, 0.3) is 0 Å². The summed E-state index contributed by atoms with van der Waals surface area (Å²) >= 11 is 3.07. The van der Waals surface area contributed by atoms with Crippen LogP contribution in [0.3, 0.4) is 0 Å². The Balaban J connectivity index is 1.85. The molecule has 140 valence electrons. The normalized spacial score (nSPS) is 11.9. The first-order valence-electron chi connectivity index (χ1n) is 8.70. The third kappa shape index (κ3) is 5.14. The molecule has 0 saturated heterocycles. The molecular weight excluding hydrogens is 378 g/mol. The van der Waals surface area contributed by atoms with Crippen LogP contribution in [-0.2, 0) is 15.3 Å². The molecule has 0 radical (unpaired) electrons. The van der Waals surface area contributed by atoms with E-state index in [0.717, 1.165) is 11.5 Å². The van der Waals surface area contributed by atoms with Crippen molar-refractivity contribution < 1.29 is 9.53 Å². The van der Waals surface area contributed by atoms with E-state index < -0.39 is 0 Å². The molecule has 3 aromatic rings. The topological polar surface area (TPSA) is 57.0 Å². The maximum atomic E-state index is 12.0. The van der Waals surface area contributed by atoms with Crippen LogP contribution in [-0.4, -0.2) is 32.6 Å². The number of esters is 1. The number of benzene rings is 2. The number of para-hydroxylation sites is 1. The zero-order chi connectivity index (χ0) is 19.1. The highest BCUT2D eigenvalue weighted by Gasteiger charge is 2.21. The zero-order valence-electron chi connectivity index (χ0n) is 15.2. The van der Waals surface area contributed by atoms with Crippen molar-refractivity contribution in [2.75, 3.05) is 6.61 Å². The van der Waals surface area contributed by atoms with Crippen molar-refractivity contribution in [1.82, 2.24) is 14.8 Å². The monoisotopic (exact) mass is 399 g/mol. The molecule has 0 saturated carbocycles. The van der Waals surface area contributed by atoms with Gasteiger partial charge in [0.15, 0.2) is 5.16 Å². The van der Waals surface area contributed by atoms with Crippen molar-refractivity contribution >= 4 is 29.5 Å². The van der Waals surface area contributed by atoms with Crippen LogP contribution in [0.1, 0.15) is 19.7 Å². The Bertz CT molecular complexity index is 869. The molecule has 1 unspecified atom stereocenters. The highest BCUT2D eigenvalue weighted by atomic mass is 32.2. The van der Waals surface area contributed by atoms with Crippen molar-refractivity contribution in [2.24, 2.45) is 0 Å². The first-order chi connectivity index (χ1) is 13.2. The predicted molar refractivity (Wildman–Crippen MR) is 109 cm³/mol. The zero-order valence-corrected chi connectivity index (χ0v) is 16.9. The van der Waals surface area contributed by atoms with Gasteiger partial charge in [-0.25, -0.2) is 0 Å². The van der Waals surface area contributed by atoms with Gasteiger partial charge in [0.2, 0.25) is 0 Å². The summed E-state index contributed by atoms with van der Waals surface area (Å²) in [4.78, 5) is 13.2. The molecule has 0 bridgehead atoms. The number of hydrogen-bond acceptors (Lipinski definition) is 6. The maximum absolute atomic E-state index is 12.0. The lowest BCUT2D eigenvalue weighted by molar-refractivity contribution is -0.142. The highest BCUT2D eigenvalue weighted by molar-refractivity contribution is 8.00. The molecule has 1 heterocycles. The van der Waals surface area contributed by atoms with E-state index >= 15 is 0 Å². The summed E-state index contributed by atoms with van der Waals surface area (Å²) in [6.45, 7) is 4.00. The van der Waals surface area contributed by atoms with E-state index in [9.17, 15) is 4.79 Å². The molecule has 0 aliphatic rings. The lowest BCUT2D eigenvalue weighted by Crippen LogP contribution is -2.17. The number of carbonyl (C=O) groups is 1. The van der Waals surface area contributed by atoms with Crippen LogP contribution in [0.5, 0.6) is 0 Å². The first-order valence-corrected chi connectivity index (χ1v) is 10.6. The number of aromatic nitrogens is 3. The van der Waals surface area contributed by atoms with Crippen LogP contribution in [0.2, 0.25) is 0 Å². The Morgan fingerprint density at radius 1 is 1.07 bits per heavy atom. The summed E-state index contributed by atoms with van der Waals surface area (Å²) in [6, 6.07) is 20.2. The Kier molecular flexibility index (Phi) is 6.95. The fourth-order valence-electron chi connectivity index (χ4n) is 2.44. The van der Waals surface area contributed by atoms with E-state index in [1.165, 1.54) is 16.7 Å². The smallest absolute Gasteiger partial charge is 0.319 e. The van der Waals surface area contributed by atoms with Gasteiger partial charge >= 0.3 is 5.97 Å². The minimum Gasteiger partial charge on any atom is -0.465 e. The molecule has 0 N–H and O–H groups in total. The molecule has 7 heteroatoms. The molecule has 27 heavy (non-hydrogen) atoms. The number of ether oxygens (including phenoxy) is 1. The van der Waals surface area contributed by atoms with Crippen LogP contribution < -0.4 is 0 Å². The fraction of sp³-hybridized carbons (Fsp3) is 0.250. The van der Waals surface area contributed by atoms with Gasteiger partial charge in [-0.2, -0.15) is 0 Å². The number of thioether (sulfide) groups is 2. The molecule has 0 aliphatic carbocycles. The van der Waals surface area contributed by atoms with Gasteiger partial charge < -0.3 is 4.74 Å². The third-order valence-electron chi connectivity index (χ3n) is 3.73. The quantitative estimate of drug-likeness (QED) is 0.407. The second kappa shape index (κ2) is 9.62. The maximum Gasteiger partial charge on any atom is 0.319 e. The van der Waals surface area contributed by atoms with Gasteiger partial charge in [0.1, 0.15) is 11.1 Å². The molecule has 0 aliphatic heterocycles. The van der Waals surface area contributed by atoms with E-state index in [-0.39, 0.29) is 11.2 Å². The number of hydrogen-bond donors (Lipinski definition) is 0. The van der Waals surface area contributed by atoms with Gasteiger partial charge in [-0.05, 0) is 38.1 Å². The molecule has 5 nitrogen and oxygen atoms in total.